The lowest BCUT2D eigenvalue weighted by molar-refractivity contribution is 0.215. The van der Waals surface area contributed by atoms with Crippen molar-refractivity contribution < 1.29 is 4.39 Å². The summed E-state index contributed by atoms with van der Waals surface area (Å²) >= 11 is 0. The molecule has 1 fully saturated rings. The number of amidine groups is 1. The molecule has 0 aromatic heterocycles. The number of halogens is 1. The summed E-state index contributed by atoms with van der Waals surface area (Å²) in [5, 5.41) is 7.19. The molecule has 1 aliphatic heterocycles. The molecule has 114 valence electrons. The summed E-state index contributed by atoms with van der Waals surface area (Å²) in [6, 6.07) is 6.77. The van der Waals surface area contributed by atoms with Crippen LogP contribution in [-0.2, 0) is 6.54 Å². The Kier molecular flexibility index (Phi) is 4.24. The first kappa shape index (κ1) is 14.5. The number of aliphatic imine (C=N–C) groups is 1. The van der Waals surface area contributed by atoms with Crippen LogP contribution in [0.25, 0.3) is 0 Å². The third-order valence-corrected chi connectivity index (χ3v) is 4.89. The predicted octanol–water partition coefficient (Wildman–Crippen LogP) is 2.87. The quantitative estimate of drug-likeness (QED) is 0.878. The van der Waals surface area contributed by atoms with Crippen LogP contribution in [0.4, 0.5) is 4.39 Å². The first-order valence-corrected chi connectivity index (χ1v) is 7.99. The number of benzene rings is 1. The van der Waals surface area contributed by atoms with Crippen molar-refractivity contribution in [2.45, 2.75) is 44.7 Å². The molecule has 21 heavy (non-hydrogen) atoms. The van der Waals surface area contributed by atoms with Gasteiger partial charge in [0.1, 0.15) is 11.7 Å². The Morgan fingerprint density at radius 3 is 3.14 bits per heavy atom. The maximum atomic E-state index is 13.3. The van der Waals surface area contributed by atoms with Crippen LogP contribution in [0.3, 0.4) is 0 Å². The van der Waals surface area contributed by atoms with Crippen LogP contribution in [-0.4, -0.2) is 24.5 Å². The number of nitrogens with zero attached hydrogens (tertiary/aromatic N) is 1. The highest BCUT2D eigenvalue weighted by Gasteiger charge is 2.43. The van der Waals surface area contributed by atoms with E-state index in [1.54, 1.807) is 12.1 Å². The van der Waals surface area contributed by atoms with E-state index < -0.39 is 0 Å². The van der Waals surface area contributed by atoms with Gasteiger partial charge in [-0.25, -0.2) is 4.39 Å². The van der Waals surface area contributed by atoms with Crippen molar-refractivity contribution in [3.8, 4) is 0 Å². The fourth-order valence-electron chi connectivity index (χ4n) is 3.68. The van der Waals surface area contributed by atoms with Crippen LogP contribution in [0.5, 0.6) is 0 Å². The molecule has 2 N–H and O–H groups in total. The molecular formula is C17H24FN3. The Balaban J connectivity index is 1.74. The van der Waals surface area contributed by atoms with Gasteiger partial charge in [0.15, 0.2) is 0 Å². The van der Waals surface area contributed by atoms with Crippen LogP contribution in [0.2, 0.25) is 0 Å². The van der Waals surface area contributed by atoms with E-state index >= 15 is 0 Å². The summed E-state index contributed by atoms with van der Waals surface area (Å²) < 4.78 is 13.3. The first-order chi connectivity index (χ1) is 10.2. The van der Waals surface area contributed by atoms with Crippen LogP contribution >= 0.6 is 0 Å². The molecule has 3 rings (SSSR count). The van der Waals surface area contributed by atoms with Gasteiger partial charge in [0, 0.05) is 13.1 Å². The number of hydrogen-bond acceptors (Lipinski definition) is 3. The molecule has 1 aromatic rings. The fourth-order valence-corrected chi connectivity index (χ4v) is 3.68. The minimum Gasteiger partial charge on any atom is -0.368 e. The lowest BCUT2D eigenvalue weighted by Gasteiger charge is -2.46. The zero-order valence-electron chi connectivity index (χ0n) is 12.7. The lowest BCUT2D eigenvalue weighted by atomic mass is 9.72. The number of hydrogen-bond donors (Lipinski definition) is 2. The topological polar surface area (TPSA) is 36.4 Å². The minimum absolute atomic E-state index is 0.00379. The zero-order chi connectivity index (χ0) is 14.7. The second-order valence-corrected chi connectivity index (χ2v) is 6.26. The molecule has 1 spiro atoms. The second kappa shape index (κ2) is 6.14. The highest BCUT2D eigenvalue weighted by molar-refractivity contribution is 5.92. The van der Waals surface area contributed by atoms with Crippen LogP contribution in [0.15, 0.2) is 29.3 Å². The molecule has 1 aromatic carbocycles. The third kappa shape index (κ3) is 2.95. The number of nitrogens with one attached hydrogen (secondary N) is 2. The Morgan fingerprint density at radius 2 is 2.33 bits per heavy atom. The molecule has 2 aliphatic rings. The molecule has 1 saturated carbocycles. The van der Waals surface area contributed by atoms with Crippen LogP contribution < -0.4 is 10.6 Å². The van der Waals surface area contributed by atoms with Crippen molar-refractivity contribution in [3.05, 3.63) is 35.6 Å². The molecule has 0 amide bonds. The average Bonchev–Trinajstić information content (AvgIpc) is 2.50. The van der Waals surface area contributed by atoms with Gasteiger partial charge in [-0.05, 0) is 36.5 Å². The number of rotatable bonds is 2. The average molecular weight is 289 g/mol. The molecule has 1 aliphatic carbocycles. The molecule has 1 heterocycles. The molecule has 0 bridgehead atoms. The standard InChI is InChI=1S/C17H24FN3/c1-13-5-2-3-8-17(13)16(19-9-10-21-17)20-12-14-6-4-7-15(18)11-14/h4,6-7,11,13,21H,2-3,5,8-10,12H2,1H3,(H,19,20). The smallest absolute Gasteiger partial charge is 0.123 e. The van der Waals surface area contributed by atoms with E-state index in [2.05, 4.69) is 17.6 Å². The van der Waals surface area contributed by atoms with Gasteiger partial charge in [-0.1, -0.05) is 31.9 Å². The maximum Gasteiger partial charge on any atom is 0.123 e. The Morgan fingerprint density at radius 1 is 1.43 bits per heavy atom. The molecule has 0 saturated heterocycles. The largest absolute Gasteiger partial charge is 0.368 e. The van der Waals surface area contributed by atoms with Crippen LogP contribution in [0, 0.1) is 11.7 Å². The molecule has 2 unspecified atom stereocenters. The van der Waals surface area contributed by atoms with Crippen molar-refractivity contribution in [3.63, 3.8) is 0 Å². The monoisotopic (exact) mass is 289 g/mol. The summed E-state index contributed by atoms with van der Waals surface area (Å²) in [6.07, 6.45) is 4.94. The van der Waals surface area contributed by atoms with E-state index in [4.69, 9.17) is 4.99 Å². The van der Waals surface area contributed by atoms with Gasteiger partial charge in [-0.15, -0.1) is 0 Å². The Hall–Kier alpha value is -1.42. The van der Waals surface area contributed by atoms with Crippen LogP contribution in [0.1, 0.15) is 38.2 Å². The van der Waals surface area contributed by atoms with Crippen molar-refractivity contribution in [1.82, 2.24) is 10.6 Å². The van der Waals surface area contributed by atoms with Gasteiger partial charge in [-0.3, -0.25) is 4.99 Å². The molecule has 0 radical (unpaired) electrons. The minimum atomic E-state index is -0.182. The van der Waals surface area contributed by atoms with E-state index in [0.717, 1.165) is 30.9 Å². The van der Waals surface area contributed by atoms with Crippen molar-refractivity contribution in [1.29, 1.82) is 0 Å². The SMILES string of the molecule is CC1CCCCC12NCCN=C2NCc1cccc(F)c1. The van der Waals surface area contributed by atoms with Gasteiger partial charge in [0.05, 0.1) is 12.1 Å². The maximum absolute atomic E-state index is 13.3. The van der Waals surface area contributed by atoms with Crippen molar-refractivity contribution >= 4 is 5.84 Å². The van der Waals surface area contributed by atoms with E-state index in [0.29, 0.717) is 12.5 Å². The van der Waals surface area contributed by atoms with E-state index in [9.17, 15) is 4.39 Å². The first-order valence-electron chi connectivity index (χ1n) is 7.99. The summed E-state index contributed by atoms with van der Waals surface area (Å²) in [4.78, 5) is 4.74. The van der Waals surface area contributed by atoms with Gasteiger partial charge >= 0.3 is 0 Å². The molecule has 2 atom stereocenters. The predicted molar refractivity (Wildman–Crippen MR) is 83.9 cm³/mol. The zero-order valence-corrected chi connectivity index (χ0v) is 12.7. The fraction of sp³-hybridized carbons (Fsp3) is 0.588. The van der Waals surface area contributed by atoms with Gasteiger partial charge in [0.2, 0.25) is 0 Å². The Labute approximate surface area is 126 Å². The molecule has 4 heteroatoms. The summed E-state index contributed by atoms with van der Waals surface area (Å²) in [6.45, 7) is 4.72. The highest BCUT2D eigenvalue weighted by Crippen LogP contribution is 2.35. The lowest BCUT2D eigenvalue weighted by Crippen LogP contribution is -2.64. The van der Waals surface area contributed by atoms with E-state index in [1.807, 2.05) is 6.07 Å². The van der Waals surface area contributed by atoms with E-state index in [1.165, 1.54) is 25.3 Å². The highest BCUT2D eigenvalue weighted by atomic mass is 19.1. The van der Waals surface area contributed by atoms with E-state index in [-0.39, 0.29) is 11.4 Å². The normalized spacial score (nSPS) is 29.2. The van der Waals surface area contributed by atoms with Crippen molar-refractivity contribution in [2.24, 2.45) is 10.9 Å². The van der Waals surface area contributed by atoms with Gasteiger partial charge in [-0.2, -0.15) is 0 Å². The van der Waals surface area contributed by atoms with Gasteiger partial charge < -0.3 is 10.6 Å². The summed E-state index contributed by atoms with van der Waals surface area (Å²) in [7, 11) is 0. The third-order valence-electron chi connectivity index (χ3n) is 4.89. The van der Waals surface area contributed by atoms with Crippen molar-refractivity contribution in [2.75, 3.05) is 13.1 Å². The second-order valence-electron chi connectivity index (χ2n) is 6.26. The Bertz CT molecular complexity index is 529. The van der Waals surface area contributed by atoms with Gasteiger partial charge in [0.25, 0.3) is 0 Å². The molecular weight excluding hydrogens is 265 g/mol. The molecule has 3 nitrogen and oxygen atoms in total. The summed E-state index contributed by atoms with van der Waals surface area (Å²) in [5.74, 6) is 1.48. The summed E-state index contributed by atoms with van der Waals surface area (Å²) in [5.41, 5.74) is 0.964.